The fraction of sp³-hybridized carbons (Fsp3) is 0.0714. The molecule has 0 aromatic heterocycles. The van der Waals surface area contributed by atoms with Gasteiger partial charge in [0.05, 0.1) is 5.56 Å². The predicted molar refractivity (Wildman–Crippen MR) is 73.5 cm³/mol. The molecule has 0 saturated carbocycles. The Labute approximate surface area is 122 Å². The molecular formula is C14H8BrClF2O. The molecule has 0 aliphatic carbocycles. The summed E-state index contributed by atoms with van der Waals surface area (Å²) in [6.07, 6.45) is -0.0745. The van der Waals surface area contributed by atoms with Gasteiger partial charge in [-0.05, 0) is 42.0 Å². The van der Waals surface area contributed by atoms with Gasteiger partial charge in [0.25, 0.3) is 0 Å². The van der Waals surface area contributed by atoms with Crippen molar-refractivity contribution >= 4 is 33.3 Å². The van der Waals surface area contributed by atoms with E-state index in [2.05, 4.69) is 15.9 Å². The smallest absolute Gasteiger partial charge is 0.170 e. The van der Waals surface area contributed by atoms with E-state index in [1.807, 2.05) is 0 Å². The number of halogens is 4. The maximum atomic E-state index is 13.6. The van der Waals surface area contributed by atoms with Crippen LogP contribution < -0.4 is 0 Å². The van der Waals surface area contributed by atoms with Crippen molar-refractivity contribution in [2.24, 2.45) is 0 Å². The first kappa shape index (κ1) is 14.2. The first-order valence-corrected chi connectivity index (χ1v) is 6.56. The summed E-state index contributed by atoms with van der Waals surface area (Å²) in [6.45, 7) is 0. The monoisotopic (exact) mass is 344 g/mol. The summed E-state index contributed by atoms with van der Waals surface area (Å²) in [5.41, 5.74) is 0.427. The number of hydrogen-bond acceptors (Lipinski definition) is 1. The highest BCUT2D eigenvalue weighted by molar-refractivity contribution is 9.10. The van der Waals surface area contributed by atoms with Crippen LogP contribution >= 0.6 is 27.5 Å². The minimum Gasteiger partial charge on any atom is -0.294 e. The Morgan fingerprint density at radius 1 is 1.16 bits per heavy atom. The van der Waals surface area contributed by atoms with Crippen LogP contribution in [0.15, 0.2) is 40.9 Å². The number of carbonyl (C=O) groups is 1. The molecule has 0 fully saturated rings. The van der Waals surface area contributed by atoms with Crippen LogP contribution in [0.1, 0.15) is 15.9 Å². The Hall–Kier alpha value is -1.26. The van der Waals surface area contributed by atoms with Crippen molar-refractivity contribution in [1.82, 2.24) is 0 Å². The molecule has 0 saturated heterocycles. The third-order valence-corrected chi connectivity index (χ3v) is 3.21. The molecule has 0 N–H and O–H groups in total. The largest absolute Gasteiger partial charge is 0.294 e. The highest BCUT2D eigenvalue weighted by Gasteiger charge is 2.13. The molecule has 0 spiro atoms. The van der Waals surface area contributed by atoms with Crippen LogP contribution in [0.2, 0.25) is 5.02 Å². The molecule has 0 radical (unpaired) electrons. The summed E-state index contributed by atoms with van der Waals surface area (Å²) in [7, 11) is 0. The summed E-state index contributed by atoms with van der Waals surface area (Å²) >= 11 is 8.76. The Bertz CT molecular complexity index is 623. The normalized spacial score (nSPS) is 10.5. The van der Waals surface area contributed by atoms with Crippen LogP contribution in [0.4, 0.5) is 8.78 Å². The minimum atomic E-state index is -0.673. The first-order chi connectivity index (χ1) is 8.95. The fourth-order valence-corrected chi connectivity index (χ4v) is 2.38. The fourth-order valence-electron chi connectivity index (χ4n) is 1.71. The van der Waals surface area contributed by atoms with E-state index in [-0.39, 0.29) is 17.0 Å². The third kappa shape index (κ3) is 3.61. The lowest BCUT2D eigenvalue weighted by Gasteiger charge is -2.04. The number of ketones is 1. The summed E-state index contributed by atoms with van der Waals surface area (Å²) in [6, 6.07) is 8.01. The van der Waals surface area contributed by atoms with Gasteiger partial charge in [-0.3, -0.25) is 4.79 Å². The molecule has 0 aliphatic rings. The van der Waals surface area contributed by atoms with E-state index in [0.717, 1.165) is 6.07 Å². The Kier molecular flexibility index (Phi) is 4.32. The van der Waals surface area contributed by atoms with Crippen molar-refractivity contribution in [3.05, 3.63) is 68.7 Å². The second-order valence-corrected chi connectivity index (χ2v) is 5.35. The Balaban J connectivity index is 2.25. The van der Waals surface area contributed by atoms with Gasteiger partial charge >= 0.3 is 0 Å². The highest BCUT2D eigenvalue weighted by atomic mass is 79.9. The van der Waals surface area contributed by atoms with E-state index in [1.54, 1.807) is 6.07 Å². The molecule has 98 valence electrons. The predicted octanol–water partition coefficient (Wildman–Crippen LogP) is 4.81. The second kappa shape index (κ2) is 5.80. The van der Waals surface area contributed by atoms with Crippen LogP contribution in [0, 0.1) is 11.6 Å². The molecule has 0 aliphatic heterocycles. The highest BCUT2D eigenvalue weighted by Crippen LogP contribution is 2.19. The molecule has 0 unspecified atom stereocenters. The minimum absolute atomic E-state index is 0.0511. The van der Waals surface area contributed by atoms with E-state index in [0.29, 0.717) is 10.0 Å². The standard InChI is InChI=1S/C14H8BrClF2O/c15-9-3-8(4-11(17)6-9)5-14(19)12-2-1-10(16)7-13(12)18/h1-4,6-7H,5H2. The van der Waals surface area contributed by atoms with Gasteiger partial charge in [0.1, 0.15) is 11.6 Å². The number of Topliss-reactive ketones (excluding diaryl/α,β-unsaturated/α-hetero) is 1. The zero-order chi connectivity index (χ0) is 14.0. The van der Waals surface area contributed by atoms with Crippen molar-refractivity contribution in [3.63, 3.8) is 0 Å². The van der Waals surface area contributed by atoms with Gasteiger partial charge in [-0.1, -0.05) is 27.5 Å². The molecule has 2 rings (SSSR count). The summed E-state index contributed by atoms with van der Waals surface area (Å²) in [5.74, 6) is -1.55. The van der Waals surface area contributed by atoms with E-state index >= 15 is 0 Å². The zero-order valence-electron chi connectivity index (χ0n) is 9.59. The number of rotatable bonds is 3. The number of hydrogen-bond donors (Lipinski definition) is 0. The van der Waals surface area contributed by atoms with Crippen molar-refractivity contribution in [2.75, 3.05) is 0 Å². The molecule has 0 heterocycles. The van der Waals surface area contributed by atoms with Crippen molar-refractivity contribution in [2.45, 2.75) is 6.42 Å². The van der Waals surface area contributed by atoms with E-state index in [1.165, 1.54) is 24.3 Å². The molecule has 1 nitrogen and oxygen atoms in total. The lowest BCUT2D eigenvalue weighted by atomic mass is 10.0. The Morgan fingerprint density at radius 3 is 2.53 bits per heavy atom. The van der Waals surface area contributed by atoms with Crippen molar-refractivity contribution in [1.29, 1.82) is 0 Å². The topological polar surface area (TPSA) is 17.1 Å². The average Bonchev–Trinajstić information content (AvgIpc) is 2.26. The molecule has 2 aromatic carbocycles. The zero-order valence-corrected chi connectivity index (χ0v) is 11.9. The van der Waals surface area contributed by atoms with E-state index in [4.69, 9.17) is 11.6 Å². The summed E-state index contributed by atoms with van der Waals surface area (Å²) < 4.78 is 27.3. The molecule has 19 heavy (non-hydrogen) atoms. The first-order valence-electron chi connectivity index (χ1n) is 5.39. The van der Waals surface area contributed by atoms with Gasteiger partial charge in [0, 0.05) is 15.9 Å². The van der Waals surface area contributed by atoms with Crippen LogP contribution in [0.25, 0.3) is 0 Å². The van der Waals surface area contributed by atoms with Crippen LogP contribution in [0.5, 0.6) is 0 Å². The molecule has 2 aromatic rings. The van der Waals surface area contributed by atoms with Gasteiger partial charge < -0.3 is 0 Å². The third-order valence-electron chi connectivity index (χ3n) is 2.52. The quantitative estimate of drug-likeness (QED) is 0.730. The van der Waals surface area contributed by atoms with Gasteiger partial charge in [0.15, 0.2) is 5.78 Å². The average molecular weight is 346 g/mol. The lowest BCUT2D eigenvalue weighted by Crippen LogP contribution is -2.06. The molecule has 0 bridgehead atoms. The number of benzene rings is 2. The second-order valence-electron chi connectivity index (χ2n) is 4.00. The van der Waals surface area contributed by atoms with Crippen molar-refractivity contribution < 1.29 is 13.6 Å². The van der Waals surface area contributed by atoms with E-state index < -0.39 is 17.4 Å². The Morgan fingerprint density at radius 2 is 1.89 bits per heavy atom. The van der Waals surface area contributed by atoms with Gasteiger partial charge in [-0.15, -0.1) is 0 Å². The van der Waals surface area contributed by atoms with Crippen LogP contribution in [-0.4, -0.2) is 5.78 Å². The maximum Gasteiger partial charge on any atom is 0.170 e. The van der Waals surface area contributed by atoms with Crippen LogP contribution in [-0.2, 0) is 6.42 Å². The van der Waals surface area contributed by atoms with Gasteiger partial charge in [-0.25, -0.2) is 8.78 Å². The summed E-state index contributed by atoms with van der Waals surface area (Å²) in [4.78, 5) is 11.9. The van der Waals surface area contributed by atoms with Gasteiger partial charge in [-0.2, -0.15) is 0 Å². The molecular weight excluding hydrogens is 338 g/mol. The van der Waals surface area contributed by atoms with Crippen molar-refractivity contribution in [3.8, 4) is 0 Å². The molecule has 0 amide bonds. The van der Waals surface area contributed by atoms with Gasteiger partial charge in [0.2, 0.25) is 0 Å². The molecule has 0 atom stereocenters. The lowest BCUT2D eigenvalue weighted by molar-refractivity contribution is 0.0989. The number of carbonyl (C=O) groups excluding carboxylic acids is 1. The van der Waals surface area contributed by atoms with Crippen LogP contribution in [0.3, 0.4) is 0 Å². The van der Waals surface area contributed by atoms with E-state index in [9.17, 15) is 13.6 Å². The molecule has 5 heteroatoms. The SMILES string of the molecule is O=C(Cc1cc(F)cc(Br)c1)c1ccc(Cl)cc1F. The summed E-state index contributed by atoms with van der Waals surface area (Å²) in [5, 5.41) is 0.225. The maximum absolute atomic E-state index is 13.6.